The van der Waals surface area contributed by atoms with Gasteiger partial charge in [0.25, 0.3) is 17.7 Å². The third kappa shape index (κ3) is 5.31. The van der Waals surface area contributed by atoms with Crippen LogP contribution in [0, 0.1) is 11.8 Å². The Balaban J connectivity index is 1.64. The highest BCUT2D eigenvalue weighted by Gasteiger charge is 2.28. The minimum Gasteiger partial charge on any atom is -0.382 e. The van der Waals surface area contributed by atoms with Crippen molar-refractivity contribution in [3.05, 3.63) is 84.6 Å². The Morgan fingerprint density at radius 2 is 1.92 bits per heavy atom. The molecule has 3 aromatic heterocycles. The smallest absolute Gasteiger partial charge is 0.298 e. The second kappa shape index (κ2) is 10.7. The van der Waals surface area contributed by atoms with Crippen LogP contribution in [0.2, 0.25) is 0 Å². The molecule has 39 heavy (non-hydrogen) atoms. The van der Waals surface area contributed by atoms with Crippen LogP contribution in [0.15, 0.2) is 67.6 Å². The molecule has 198 valence electrons. The summed E-state index contributed by atoms with van der Waals surface area (Å²) in [6, 6.07) is 8.32. The molecule has 0 aliphatic heterocycles. The number of nitrogens with zero attached hydrogens (tertiary/aromatic N) is 5. The lowest BCUT2D eigenvalue weighted by atomic mass is 10.1. The van der Waals surface area contributed by atoms with E-state index in [4.69, 9.17) is 10.7 Å². The highest BCUT2D eigenvalue weighted by atomic mass is 19.3. The van der Waals surface area contributed by atoms with Gasteiger partial charge in [-0.15, -0.1) is 0 Å². The number of hydrogen-bond donors (Lipinski definition) is 2. The molecule has 2 amide bonds. The molecule has 0 bridgehead atoms. The number of anilines is 2. The average molecular weight is 530 g/mol. The molecule has 1 aromatic carbocycles. The number of pyridine rings is 1. The maximum Gasteiger partial charge on any atom is 0.298 e. The molecule has 1 atom stereocenters. The van der Waals surface area contributed by atoms with Gasteiger partial charge in [0.1, 0.15) is 28.7 Å². The van der Waals surface area contributed by atoms with Gasteiger partial charge in [0.15, 0.2) is 0 Å². The van der Waals surface area contributed by atoms with Crippen molar-refractivity contribution >= 4 is 29.0 Å². The molecule has 0 fully saturated rings. The third-order valence-corrected chi connectivity index (χ3v) is 6.18. The SMILES string of the molecule is C=CC(F)(F)c1ccnc(NC(=O)c2ccc(-c3nc(C(C)N(C)C(=O)C#CC)n4ccnc(N)c34)cc2)c1. The van der Waals surface area contributed by atoms with Crippen molar-refractivity contribution < 1.29 is 18.4 Å². The number of imidazole rings is 1. The zero-order chi connectivity index (χ0) is 28.3. The molecule has 3 N–H and O–H groups in total. The van der Waals surface area contributed by atoms with Gasteiger partial charge in [-0.05, 0) is 50.1 Å². The molecular weight excluding hydrogens is 504 g/mol. The van der Waals surface area contributed by atoms with E-state index < -0.39 is 17.9 Å². The standard InChI is InChI=1S/C28H25F2N7O2/c1-5-7-22(38)36(4)17(3)26-35-23(24-25(31)33-14-15-37(24)26)18-8-10-19(11-9-18)27(39)34-21-16-20(12-13-32-21)28(29,30)6-2/h6,8-17H,2H2,1,3-4H3,(H2,31,33)(H,32,34,39). The highest BCUT2D eigenvalue weighted by Crippen LogP contribution is 2.32. The zero-order valence-corrected chi connectivity index (χ0v) is 21.4. The summed E-state index contributed by atoms with van der Waals surface area (Å²) >= 11 is 0. The normalized spacial score (nSPS) is 11.8. The van der Waals surface area contributed by atoms with Gasteiger partial charge < -0.3 is 16.0 Å². The fourth-order valence-corrected chi connectivity index (χ4v) is 3.92. The number of benzene rings is 1. The van der Waals surface area contributed by atoms with Crippen LogP contribution in [0.4, 0.5) is 20.4 Å². The van der Waals surface area contributed by atoms with Crippen molar-refractivity contribution in [2.45, 2.75) is 25.8 Å². The van der Waals surface area contributed by atoms with Gasteiger partial charge in [0.05, 0.1) is 6.04 Å². The first-order valence-corrected chi connectivity index (χ1v) is 11.8. The second-order valence-corrected chi connectivity index (χ2v) is 8.61. The number of allylic oxidation sites excluding steroid dienone is 1. The number of rotatable bonds is 7. The fourth-order valence-electron chi connectivity index (χ4n) is 3.92. The summed E-state index contributed by atoms with van der Waals surface area (Å²) in [5, 5.41) is 2.53. The molecule has 1 unspecified atom stereocenters. The number of halogens is 2. The van der Waals surface area contributed by atoms with Crippen molar-refractivity contribution in [1.29, 1.82) is 0 Å². The Bertz CT molecular complexity index is 1640. The predicted octanol–water partition coefficient (Wildman–Crippen LogP) is 4.45. The van der Waals surface area contributed by atoms with Crippen LogP contribution >= 0.6 is 0 Å². The van der Waals surface area contributed by atoms with Crippen molar-refractivity contribution in [2.75, 3.05) is 18.1 Å². The van der Waals surface area contributed by atoms with Crippen LogP contribution in [0.5, 0.6) is 0 Å². The molecule has 0 saturated heterocycles. The summed E-state index contributed by atoms with van der Waals surface area (Å²) in [4.78, 5) is 39.5. The van der Waals surface area contributed by atoms with Crippen molar-refractivity contribution in [3.63, 3.8) is 0 Å². The van der Waals surface area contributed by atoms with Crippen molar-refractivity contribution in [2.24, 2.45) is 0 Å². The van der Waals surface area contributed by atoms with E-state index in [0.29, 0.717) is 28.7 Å². The fraction of sp³-hybridized carbons (Fsp3) is 0.179. The summed E-state index contributed by atoms with van der Waals surface area (Å²) < 4.78 is 29.6. The minimum atomic E-state index is -3.25. The summed E-state index contributed by atoms with van der Waals surface area (Å²) in [6.45, 7) is 6.55. The molecule has 4 aromatic rings. The van der Waals surface area contributed by atoms with E-state index in [-0.39, 0.29) is 28.7 Å². The van der Waals surface area contributed by atoms with Crippen LogP contribution in [-0.4, -0.2) is 43.1 Å². The van der Waals surface area contributed by atoms with E-state index in [2.05, 4.69) is 33.7 Å². The van der Waals surface area contributed by atoms with Gasteiger partial charge >= 0.3 is 0 Å². The van der Waals surface area contributed by atoms with Gasteiger partial charge in [-0.25, -0.2) is 15.0 Å². The third-order valence-electron chi connectivity index (χ3n) is 6.18. The average Bonchev–Trinajstić information content (AvgIpc) is 3.33. The number of nitrogens with two attached hydrogens (primary N) is 1. The second-order valence-electron chi connectivity index (χ2n) is 8.61. The lowest BCUT2D eigenvalue weighted by Gasteiger charge is -2.21. The van der Waals surface area contributed by atoms with E-state index in [1.807, 2.05) is 6.92 Å². The van der Waals surface area contributed by atoms with Crippen LogP contribution in [0.3, 0.4) is 0 Å². The van der Waals surface area contributed by atoms with Crippen LogP contribution in [0.1, 0.15) is 41.6 Å². The molecule has 0 aliphatic carbocycles. The molecule has 4 rings (SSSR count). The van der Waals surface area contributed by atoms with E-state index in [0.717, 1.165) is 12.1 Å². The molecule has 11 heteroatoms. The summed E-state index contributed by atoms with van der Waals surface area (Å²) in [7, 11) is 1.64. The number of nitrogens with one attached hydrogen (secondary N) is 1. The first kappa shape index (κ1) is 26.9. The molecule has 9 nitrogen and oxygen atoms in total. The number of fused-ring (bicyclic) bond motifs is 1. The number of nitrogen functional groups attached to an aromatic ring is 1. The van der Waals surface area contributed by atoms with Gasteiger partial charge in [-0.2, -0.15) is 8.78 Å². The number of hydrogen-bond acceptors (Lipinski definition) is 6. The molecule has 0 spiro atoms. The van der Waals surface area contributed by atoms with Gasteiger partial charge in [-0.1, -0.05) is 24.6 Å². The largest absolute Gasteiger partial charge is 0.382 e. The van der Waals surface area contributed by atoms with Crippen molar-refractivity contribution in [3.8, 4) is 23.1 Å². The maximum atomic E-state index is 13.9. The van der Waals surface area contributed by atoms with Gasteiger partial charge in [-0.3, -0.25) is 14.0 Å². The Labute approximate surface area is 223 Å². The molecule has 3 heterocycles. The first-order chi connectivity index (χ1) is 18.6. The van der Waals surface area contributed by atoms with E-state index in [1.165, 1.54) is 11.1 Å². The van der Waals surface area contributed by atoms with Crippen LogP contribution in [-0.2, 0) is 10.7 Å². The predicted molar refractivity (Wildman–Crippen MR) is 144 cm³/mol. The number of amides is 2. The number of aromatic nitrogens is 4. The molecule has 0 radical (unpaired) electrons. The minimum absolute atomic E-state index is 0.0212. The van der Waals surface area contributed by atoms with Gasteiger partial charge in [0.2, 0.25) is 0 Å². The first-order valence-electron chi connectivity index (χ1n) is 11.8. The molecule has 0 saturated carbocycles. The summed E-state index contributed by atoms with van der Waals surface area (Å²) in [5.41, 5.74) is 7.84. The Morgan fingerprint density at radius 1 is 1.21 bits per heavy atom. The van der Waals surface area contributed by atoms with Crippen molar-refractivity contribution in [1.82, 2.24) is 24.3 Å². The van der Waals surface area contributed by atoms with E-state index in [1.54, 1.807) is 55.0 Å². The Morgan fingerprint density at radius 3 is 2.59 bits per heavy atom. The topological polar surface area (TPSA) is 119 Å². The van der Waals surface area contributed by atoms with E-state index >= 15 is 0 Å². The van der Waals surface area contributed by atoms with Gasteiger partial charge in [0, 0.05) is 42.3 Å². The quantitative estimate of drug-likeness (QED) is 0.270. The number of carbonyl (C=O) groups excluding carboxylic acids is 2. The van der Waals surface area contributed by atoms with Crippen LogP contribution in [0.25, 0.3) is 16.8 Å². The maximum absolute atomic E-state index is 13.9. The lowest BCUT2D eigenvalue weighted by molar-refractivity contribution is -0.125. The Hall–Kier alpha value is -5.11. The molecular formula is C28H25F2N7O2. The summed E-state index contributed by atoms with van der Waals surface area (Å²) in [6.07, 6.45) is 4.96. The highest BCUT2D eigenvalue weighted by molar-refractivity contribution is 6.04. The monoisotopic (exact) mass is 529 g/mol. The summed E-state index contributed by atoms with van der Waals surface area (Å²) in [5.74, 6) is 1.75. The molecule has 0 aliphatic rings. The number of carbonyl (C=O) groups is 2. The van der Waals surface area contributed by atoms with Crippen LogP contribution < -0.4 is 11.1 Å². The number of alkyl halides is 2. The Kier molecular flexibility index (Phi) is 7.40. The lowest BCUT2D eigenvalue weighted by Crippen LogP contribution is -2.29. The zero-order valence-electron chi connectivity index (χ0n) is 21.4. The van der Waals surface area contributed by atoms with E-state index in [9.17, 15) is 18.4 Å².